The van der Waals surface area contributed by atoms with Crippen LogP contribution in [0.2, 0.25) is 0 Å². The zero-order chi connectivity index (χ0) is 12.1. The highest BCUT2D eigenvalue weighted by molar-refractivity contribution is 5.60. The first kappa shape index (κ1) is 11.5. The van der Waals surface area contributed by atoms with E-state index >= 15 is 0 Å². The van der Waals surface area contributed by atoms with Gasteiger partial charge in [-0.05, 0) is 35.6 Å². The third kappa shape index (κ3) is 3.22. The predicted molar refractivity (Wildman–Crippen MR) is 73.5 cm³/mol. The van der Waals surface area contributed by atoms with E-state index in [1.807, 2.05) is 18.2 Å². The van der Waals surface area contributed by atoms with Gasteiger partial charge in [-0.3, -0.25) is 0 Å². The summed E-state index contributed by atoms with van der Waals surface area (Å²) in [5.74, 6) is 0. The van der Waals surface area contributed by atoms with Crippen molar-refractivity contribution in [2.75, 3.05) is 0 Å². The Balaban J connectivity index is 2.04. The zero-order valence-corrected chi connectivity index (χ0v) is 9.89. The Labute approximate surface area is 103 Å². The highest BCUT2D eigenvalue weighted by Gasteiger charge is 1.98. The van der Waals surface area contributed by atoms with Crippen molar-refractivity contribution in [2.24, 2.45) is 5.73 Å². The molecule has 0 spiro atoms. The molecule has 2 aromatic carbocycles. The van der Waals surface area contributed by atoms with Gasteiger partial charge in [-0.15, -0.1) is 0 Å². The fourth-order valence-electron chi connectivity index (χ4n) is 1.86. The van der Waals surface area contributed by atoms with E-state index in [0.29, 0.717) is 5.70 Å². The monoisotopic (exact) mass is 223 g/mol. The van der Waals surface area contributed by atoms with E-state index in [0.717, 1.165) is 18.4 Å². The van der Waals surface area contributed by atoms with Gasteiger partial charge < -0.3 is 5.73 Å². The lowest BCUT2D eigenvalue weighted by atomic mass is 10.0. The van der Waals surface area contributed by atoms with Crippen molar-refractivity contribution >= 4 is 5.70 Å². The van der Waals surface area contributed by atoms with Crippen LogP contribution in [-0.2, 0) is 12.8 Å². The maximum Gasteiger partial charge on any atom is 0.0314 e. The molecule has 0 atom stereocenters. The SMILES string of the molecule is C=C(N)c1cccc(CCc2ccccc2)c1. The maximum absolute atomic E-state index is 5.70. The number of hydrogen-bond donors (Lipinski definition) is 1. The van der Waals surface area contributed by atoms with Gasteiger partial charge in [0.1, 0.15) is 0 Å². The Hall–Kier alpha value is -2.02. The summed E-state index contributed by atoms with van der Waals surface area (Å²) in [5.41, 5.74) is 10.0. The summed E-state index contributed by atoms with van der Waals surface area (Å²) in [5, 5.41) is 0. The molecule has 0 aliphatic rings. The molecule has 17 heavy (non-hydrogen) atoms. The lowest BCUT2D eigenvalue weighted by Crippen LogP contribution is -1.96. The van der Waals surface area contributed by atoms with Gasteiger partial charge in [0.15, 0.2) is 0 Å². The molecule has 0 unspecified atom stereocenters. The van der Waals surface area contributed by atoms with Crippen molar-refractivity contribution in [1.82, 2.24) is 0 Å². The van der Waals surface area contributed by atoms with Crippen LogP contribution in [0.3, 0.4) is 0 Å². The second-order valence-corrected chi connectivity index (χ2v) is 4.21. The lowest BCUT2D eigenvalue weighted by Gasteiger charge is -2.05. The number of aryl methyl sites for hydroxylation is 2. The summed E-state index contributed by atoms with van der Waals surface area (Å²) in [6, 6.07) is 18.8. The molecular formula is C16H17N. The number of nitrogens with two attached hydrogens (primary N) is 1. The molecule has 0 saturated carbocycles. The summed E-state index contributed by atoms with van der Waals surface area (Å²) in [7, 11) is 0. The van der Waals surface area contributed by atoms with E-state index < -0.39 is 0 Å². The molecule has 2 rings (SSSR count). The average Bonchev–Trinajstić information content (AvgIpc) is 2.38. The molecule has 86 valence electrons. The minimum Gasteiger partial charge on any atom is -0.399 e. The van der Waals surface area contributed by atoms with Gasteiger partial charge in [0.2, 0.25) is 0 Å². The highest BCUT2D eigenvalue weighted by Crippen LogP contribution is 2.12. The average molecular weight is 223 g/mol. The van der Waals surface area contributed by atoms with E-state index in [-0.39, 0.29) is 0 Å². The van der Waals surface area contributed by atoms with Crippen molar-refractivity contribution in [2.45, 2.75) is 12.8 Å². The van der Waals surface area contributed by atoms with E-state index in [1.165, 1.54) is 11.1 Å². The number of benzene rings is 2. The quantitative estimate of drug-likeness (QED) is 0.844. The molecule has 2 aromatic rings. The molecule has 1 nitrogen and oxygen atoms in total. The van der Waals surface area contributed by atoms with Crippen LogP contribution < -0.4 is 5.73 Å². The Morgan fingerprint density at radius 1 is 0.882 bits per heavy atom. The summed E-state index contributed by atoms with van der Waals surface area (Å²) in [4.78, 5) is 0. The number of rotatable bonds is 4. The molecule has 0 heterocycles. The van der Waals surface area contributed by atoms with Crippen molar-refractivity contribution < 1.29 is 0 Å². The van der Waals surface area contributed by atoms with Gasteiger partial charge in [0.05, 0.1) is 0 Å². The van der Waals surface area contributed by atoms with E-state index in [2.05, 4.69) is 43.0 Å². The lowest BCUT2D eigenvalue weighted by molar-refractivity contribution is 0.959. The van der Waals surface area contributed by atoms with Crippen molar-refractivity contribution in [3.63, 3.8) is 0 Å². The molecule has 0 fully saturated rings. The van der Waals surface area contributed by atoms with E-state index in [1.54, 1.807) is 0 Å². The summed E-state index contributed by atoms with van der Waals surface area (Å²) in [6.45, 7) is 3.76. The molecule has 0 bridgehead atoms. The van der Waals surface area contributed by atoms with E-state index in [9.17, 15) is 0 Å². The molecule has 0 aromatic heterocycles. The highest BCUT2D eigenvalue weighted by atomic mass is 14.6. The zero-order valence-electron chi connectivity index (χ0n) is 9.89. The Morgan fingerprint density at radius 3 is 2.24 bits per heavy atom. The van der Waals surface area contributed by atoms with E-state index in [4.69, 9.17) is 5.73 Å². The molecule has 0 amide bonds. The molecule has 0 saturated heterocycles. The standard InChI is InChI=1S/C16H17N/c1-13(17)16-9-5-8-15(12-16)11-10-14-6-3-2-4-7-14/h2-9,12H,1,10-11,17H2. The third-order valence-electron chi connectivity index (χ3n) is 2.84. The fourth-order valence-corrected chi connectivity index (χ4v) is 1.86. The van der Waals surface area contributed by atoms with Crippen molar-refractivity contribution in [3.8, 4) is 0 Å². The van der Waals surface area contributed by atoms with Crippen LogP contribution in [0, 0.1) is 0 Å². The smallest absolute Gasteiger partial charge is 0.0314 e. The maximum atomic E-state index is 5.70. The first-order valence-corrected chi connectivity index (χ1v) is 5.83. The van der Waals surface area contributed by atoms with Crippen LogP contribution in [0.25, 0.3) is 5.70 Å². The van der Waals surface area contributed by atoms with Crippen LogP contribution >= 0.6 is 0 Å². The van der Waals surface area contributed by atoms with Gasteiger partial charge in [-0.25, -0.2) is 0 Å². The van der Waals surface area contributed by atoms with Crippen LogP contribution in [0.5, 0.6) is 0 Å². The van der Waals surface area contributed by atoms with Crippen LogP contribution in [0.15, 0.2) is 61.2 Å². The summed E-state index contributed by atoms with van der Waals surface area (Å²) >= 11 is 0. The van der Waals surface area contributed by atoms with Gasteiger partial charge in [0.25, 0.3) is 0 Å². The molecular weight excluding hydrogens is 206 g/mol. The minimum atomic E-state index is 0.631. The predicted octanol–water partition coefficient (Wildman–Crippen LogP) is 3.40. The van der Waals surface area contributed by atoms with Crippen LogP contribution in [0.1, 0.15) is 16.7 Å². The van der Waals surface area contributed by atoms with Gasteiger partial charge in [0, 0.05) is 5.70 Å². The van der Waals surface area contributed by atoms with Crippen molar-refractivity contribution in [1.29, 1.82) is 0 Å². The fraction of sp³-hybridized carbons (Fsp3) is 0.125. The molecule has 0 aliphatic carbocycles. The van der Waals surface area contributed by atoms with Crippen molar-refractivity contribution in [3.05, 3.63) is 77.9 Å². The molecule has 0 radical (unpaired) electrons. The Morgan fingerprint density at radius 2 is 1.53 bits per heavy atom. The van der Waals surface area contributed by atoms with Gasteiger partial charge in [-0.2, -0.15) is 0 Å². The largest absolute Gasteiger partial charge is 0.399 e. The van der Waals surface area contributed by atoms with Gasteiger partial charge in [-0.1, -0.05) is 55.1 Å². The topological polar surface area (TPSA) is 26.0 Å². The Bertz CT molecular complexity index is 500. The second kappa shape index (κ2) is 5.35. The molecule has 2 N–H and O–H groups in total. The van der Waals surface area contributed by atoms with Crippen LogP contribution in [0.4, 0.5) is 0 Å². The molecule has 0 aliphatic heterocycles. The first-order chi connectivity index (χ1) is 8.25. The summed E-state index contributed by atoms with van der Waals surface area (Å²) in [6.07, 6.45) is 2.09. The normalized spacial score (nSPS) is 10.1. The summed E-state index contributed by atoms with van der Waals surface area (Å²) < 4.78 is 0. The molecule has 1 heteroatoms. The van der Waals surface area contributed by atoms with Gasteiger partial charge >= 0.3 is 0 Å². The van der Waals surface area contributed by atoms with Crippen LogP contribution in [-0.4, -0.2) is 0 Å². The minimum absolute atomic E-state index is 0.631. The Kier molecular flexibility index (Phi) is 3.61. The number of hydrogen-bond acceptors (Lipinski definition) is 1. The second-order valence-electron chi connectivity index (χ2n) is 4.21. The third-order valence-corrected chi connectivity index (χ3v) is 2.84. The first-order valence-electron chi connectivity index (χ1n) is 5.83.